The molecule has 0 aromatic heterocycles. The van der Waals surface area contributed by atoms with Gasteiger partial charge in [0.25, 0.3) is 0 Å². The van der Waals surface area contributed by atoms with E-state index in [0.717, 1.165) is 36.4 Å². The number of nitrogens with two attached hydrogens (primary N) is 1. The standard InChI is InChI=1S/C12H18N2.C5H12/c1-10-8-6-4-3-5-7-9-14-11(2)12(10)13;1-3-5-4-2/h3-4,6,8H,5,7,9,13H2,1-2H3;3-5H2,1-2H3/b4-3+,8-6-,12-10-,14-11?;. The van der Waals surface area contributed by atoms with Crippen LogP contribution in [0.25, 0.3) is 0 Å². The molecule has 0 bridgehead atoms. The van der Waals surface area contributed by atoms with Gasteiger partial charge in [-0.1, -0.05) is 57.4 Å². The lowest BCUT2D eigenvalue weighted by Crippen LogP contribution is -2.10. The maximum absolute atomic E-state index is 5.94. The smallest absolute Gasteiger partial charge is 0.0555 e. The minimum atomic E-state index is 0.802. The molecule has 0 saturated heterocycles. The van der Waals surface area contributed by atoms with Crippen molar-refractivity contribution in [1.82, 2.24) is 0 Å². The van der Waals surface area contributed by atoms with Crippen molar-refractivity contribution in [2.45, 2.75) is 59.8 Å². The van der Waals surface area contributed by atoms with Gasteiger partial charge in [-0.2, -0.15) is 0 Å². The predicted octanol–water partition coefficient (Wildman–Crippen LogP) is 4.78. The average molecular weight is 262 g/mol. The summed E-state index contributed by atoms with van der Waals surface area (Å²) in [6.45, 7) is 9.27. The summed E-state index contributed by atoms with van der Waals surface area (Å²) in [7, 11) is 0. The Balaban J connectivity index is 0.000000555. The van der Waals surface area contributed by atoms with E-state index in [1.54, 1.807) is 0 Å². The van der Waals surface area contributed by atoms with Gasteiger partial charge >= 0.3 is 0 Å². The summed E-state index contributed by atoms with van der Waals surface area (Å²) in [4.78, 5) is 4.42. The molecule has 1 heterocycles. The maximum atomic E-state index is 5.94. The van der Waals surface area contributed by atoms with Crippen LogP contribution in [-0.2, 0) is 0 Å². The van der Waals surface area contributed by atoms with Gasteiger partial charge in [0.1, 0.15) is 0 Å². The Labute approximate surface area is 119 Å². The highest BCUT2D eigenvalue weighted by Gasteiger charge is 1.99. The van der Waals surface area contributed by atoms with E-state index in [1.165, 1.54) is 19.3 Å². The largest absolute Gasteiger partial charge is 0.397 e. The second-order valence-electron chi connectivity index (χ2n) is 4.85. The third-order valence-electron chi connectivity index (χ3n) is 2.99. The fraction of sp³-hybridized carbons (Fsp3) is 0.588. The molecule has 2 N–H and O–H groups in total. The van der Waals surface area contributed by atoms with Crippen molar-refractivity contribution in [2.24, 2.45) is 10.7 Å². The molecule has 0 aromatic rings. The van der Waals surface area contributed by atoms with Crippen LogP contribution >= 0.6 is 0 Å². The number of hydrogen-bond donors (Lipinski definition) is 1. The highest BCUT2D eigenvalue weighted by molar-refractivity contribution is 5.98. The van der Waals surface area contributed by atoms with Gasteiger partial charge in [0.15, 0.2) is 0 Å². The molecule has 2 nitrogen and oxygen atoms in total. The molecule has 0 radical (unpaired) electrons. The number of unbranched alkanes of at least 4 members (excludes halogenated alkanes) is 2. The summed E-state index contributed by atoms with van der Waals surface area (Å²) in [5, 5.41) is 0. The van der Waals surface area contributed by atoms with Gasteiger partial charge in [0.2, 0.25) is 0 Å². The second-order valence-corrected chi connectivity index (χ2v) is 4.85. The van der Waals surface area contributed by atoms with Gasteiger partial charge in [0.05, 0.1) is 11.4 Å². The highest BCUT2D eigenvalue weighted by Crippen LogP contribution is 2.05. The van der Waals surface area contributed by atoms with Crippen LogP contribution in [0, 0.1) is 0 Å². The maximum Gasteiger partial charge on any atom is 0.0555 e. The molecule has 0 unspecified atom stereocenters. The zero-order valence-corrected chi connectivity index (χ0v) is 13.1. The van der Waals surface area contributed by atoms with Crippen molar-refractivity contribution in [3.8, 4) is 0 Å². The lowest BCUT2D eigenvalue weighted by Gasteiger charge is -2.03. The quantitative estimate of drug-likeness (QED) is 0.764. The van der Waals surface area contributed by atoms with Gasteiger partial charge in [0, 0.05) is 6.54 Å². The molecule has 0 amide bonds. The molecule has 1 aliphatic heterocycles. The fourth-order valence-electron chi connectivity index (χ4n) is 1.64. The van der Waals surface area contributed by atoms with Gasteiger partial charge in [-0.25, -0.2) is 0 Å². The van der Waals surface area contributed by atoms with Crippen molar-refractivity contribution >= 4 is 5.71 Å². The van der Waals surface area contributed by atoms with Crippen LogP contribution in [0.1, 0.15) is 59.8 Å². The van der Waals surface area contributed by atoms with Crippen LogP contribution in [0.5, 0.6) is 0 Å². The van der Waals surface area contributed by atoms with Crippen molar-refractivity contribution < 1.29 is 0 Å². The van der Waals surface area contributed by atoms with E-state index in [1.807, 2.05) is 26.0 Å². The van der Waals surface area contributed by atoms with Crippen molar-refractivity contribution in [3.63, 3.8) is 0 Å². The van der Waals surface area contributed by atoms with Gasteiger partial charge in [-0.15, -0.1) is 0 Å². The summed E-state index contributed by atoms with van der Waals surface area (Å²) >= 11 is 0. The Hall–Kier alpha value is -1.31. The van der Waals surface area contributed by atoms with E-state index >= 15 is 0 Å². The monoisotopic (exact) mass is 262 g/mol. The first-order valence-corrected chi connectivity index (χ1v) is 7.44. The normalized spacial score (nSPS) is 23.5. The third-order valence-corrected chi connectivity index (χ3v) is 2.99. The van der Waals surface area contributed by atoms with Gasteiger partial charge in [-0.3, -0.25) is 4.99 Å². The Kier molecular flexibility index (Phi) is 11.0. The Morgan fingerprint density at radius 3 is 2.42 bits per heavy atom. The molecule has 2 heteroatoms. The molecule has 108 valence electrons. The number of aliphatic imine (C=N–C) groups is 1. The van der Waals surface area contributed by atoms with Crippen LogP contribution in [0.4, 0.5) is 0 Å². The molecule has 19 heavy (non-hydrogen) atoms. The zero-order chi connectivity index (χ0) is 14.5. The van der Waals surface area contributed by atoms with Crippen molar-refractivity contribution in [2.75, 3.05) is 6.54 Å². The second kappa shape index (κ2) is 11.8. The number of rotatable bonds is 2. The molecule has 0 spiro atoms. The van der Waals surface area contributed by atoms with Crippen LogP contribution < -0.4 is 5.73 Å². The Bertz CT molecular complexity index is 344. The van der Waals surface area contributed by atoms with Crippen LogP contribution in [0.15, 0.2) is 40.6 Å². The van der Waals surface area contributed by atoms with E-state index in [9.17, 15) is 0 Å². The number of allylic oxidation sites excluding steroid dienone is 6. The van der Waals surface area contributed by atoms with Gasteiger partial charge < -0.3 is 5.73 Å². The van der Waals surface area contributed by atoms with E-state index < -0.39 is 0 Å². The summed E-state index contributed by atoms with van der Waals surface area (Å²) in [6, 6.07) is 0. The first kappa shape index (κ1) is 17.7. The predicted molar refractivity (Wildman–Crippen MR) is 87.6 cm³/mol. The fourth-order valence-corrected chi connectivity index (χ4v) is 1.64. The minimum absolute atomic E-state index is 0.802. The molecule has 0 aliphatic carbocycles. The lowest BCUT2D eigenvalue weighted by molar-refractivity contribution is 0.772. The number of hydrogen-bond acceptors (Lipinski definition) is 2. The lowest BCUT2D eigenvalue weighted by atomic mass is 10.1. The van der Waals surface area contributed by atoms with Crippen LogP contribution in [0.2, 0.25) is 0 Å². The van der Waals surface area contributed by atoms with Crippen molar-refractivity contribution in [1.29, 1.82) is 0 Å². The molecule has 1 aliphatic rings. The molecular formula is C17H30N2. The molecule has 1 rings (SSSR count). The summed E-state index contributed by atoms with van der Waals surface area (Å²) < 4.78 is 0. The summed E-state index contributed by atoms with van der Waals surface area (Å²) in [6.07, 6.45) is 14.5. The number of nitrogens with zero attached hydrogens (tertiary/aromatic N) is 1. The third kappa shape index (κ3) is 9.29. The van der Waals surface area contributed by atoms with Crippen LogP contribution in [0.3, 0.4) is 0 Å². The van der Waals surface area contributed by atoms with E-state index in [0.29, 0.717) is 0 Å². The topological polar surface area (TPSA) is 38.4 Å². The van der Waals surface area contributed by atoms with Crippen LogP contribution in [-0.4, -0.2) is 12.3 Å². The highest BCUT2D eigenvalue weighted by atomic mass is 14.8. The summed E-state index contributed by atoms with van der Waals surface area (Å²) in [5.74, 6) is 0. The minimum Gasteiger partial charge on any atom is -0.397 e. The molecular weight excluding hydrogens is 232 g/mol. The SMILES string of the molecule is CC1=NCCC/C=C/C=C\C(C)=C\1N.CCCCC. The first-order chi connectivity index (χ1) is 9.13. The van der Waals surface area contributed by atoms with E-state index in [4.69, 9.17) is 5.73 Å². The summed E-state index contributed by atoms with van der Waals surface area (Å²) in [5.41, 5.74) is 8.77. The Morgan fingerprint density at radius 1 is 1.16 bits per heavy atom. The van der Waals surface area contributed by atoms with Crippen molar-refractivity contribution in [3.05, 3.63) is 35.6 Å². The van der Waals surface area contributed by atoms with Gasteiger partial charge in [-0.05, 0) is 32.3 Å². The molecule has 0 fully saturated rings. The van der Waals surface area contributed by atoms with E-state index in [-0.39, 0.29) is 0 Å². The Morgan fingerprint density at radius 2 is 1.84 bits per heavy atom. The zero-order valence-electron chi connectivity index (χ0n) is 13.1. The average Bonchev–Trinajstić information content (AvgIpc) is 2.43. The van der Waals surface area contributed by atoms with E-state index in [2.05, 4.69) is 31.0 Å². The molecule has 0 saturated carbocycles. The molecule has 0 atom stereocenters. The molecule has 0 aromatic carbocycles. The first-order valence-electron chi connectivity index (χ1n) is 7.44.